The summed E-state index contributed by atoms with van der Waals surface area (Å²) >= 11 is 0. The average molecular weight is 339 g/mol. The molecular formula is C20H22FN3O. The number of halogens is 1. The predicted octanol–water partition coefficient (Wildman–Crippen LogP) is 3.35. The lowest BCUT2D eigenvalue weighted by Gasteiger charge is -2.24. The normalized spacial score (nSPS) is 12.5. The molecule has 25 heavy (non-hydrogen) atoms. The standard InChI is InChI=1S/C20H22FN3O/c1-23(2)19(12-22-20(25)15-9-4-6-10-17(15)21)16-13-24(3)18-11-7-5-8-14(16)18/h4-11,13,19H,12H2,1-3H3,(H,22,25)/t19-/m1/s1. The van der Waals surface area contributed by atoms with Crippen molar-refractivity contribution in [3.8, 4) is 0 Å². The van der Waals surface area contributed by atoms with Crippen molar-refractivity contribution in [3.05, 3.63) is 71.7 Å². The fourth-order valence-corrected chi connectivity index (χ4v) is 3.14. The van der Waals surface area contributed by atoms with Gasteiger partial charge in [-0.2, -0.15) is 0 Å². The monoisotopic (exact) mass is 339 g/mol. The van der Waals surface area contributed by atoms with Crippen LogP contribution >= 0.6 is 0 Å². The smallest absolute Gasteiger partial charge is 0.254 e. The molecule has 1 aromatic heterocycles. The highest BCUT2D eigenvalue weighted by atomic mass is 19.1. The number of carbonyl (C=O) groups is 1. The molecule has 1 amide bonds. The van der Waals surface area contributed by atoms with E-state index in [1.54, 1.807) is 12.1 Å². The van der Waals surface area contributed by atoms with Gasteiger partial charge in [-0.25, -0.2) is 4.39 Å². The van der Waals surface area contributed by atoms with Gasteiger partial charge >= 0.3 is 0 Å². The predicted molar refractivity (Wildman–Crippen MR) is 98.1 cm³/mol. The number of carbonyl (C=O) groups excluding carboxylic acids is 1. The minimum absolute atomic E-state index is 0.0122. The van der Waals surface area contributed by atoms with Crippen LogP contribution in [0.25, 0.3) is 10.9 Å². The van der Waals surface area contributed by atoms with E-state index in [-0.39, 0.29) is 11.6 Å². The first-order chi connectivity index (χ1) is 12.0. The second kappa shape index (κ2) is 7.07. The van der Waals surface area contributed by atoms with Gasteiger partial charge in [-0.3, -0.25) is 4.79 Å². The summed E-state index contributed by atoms with van der Waals surface area (Å²) in [6.07, 6.45) is 2.09. The number of amides is 1. The number of nitrogens with one attached hydrogen (secondary N) is 1. The molecule has 2 aromatic carbocycles. The summed E-state index contributed by atoms with van der Waals surface area (Å²) in [7, 11) is 5.96. The lowest BCUT2D eigenvalue weighted by molar-refractivity contribution is 0.0938. The van der Waals surface area contributed by atoms with E-state index in [9.17, 15) is 9.18 Å². The van der Waals surface area contributed by atoms with E-state index >= 15 is 0 Å². The van der Waals surface area contributed by atoms with Crippen LogP contribution in [0.15, 0.2) is 54.7 Å². The molecular weight excluding hydrogens is 317 g/mol. The largest absolute Gasteiger partial charge is 0.350 e. The van der Waals surface area contributed by atoms with Gasteiger partial charge in [0.2, 0.25) is 0 Å². The van der Waals surface area contributed by atoms with Gasteiger partial charge in [0.25, 0.3) is 5.91 Å². The molecule has 0 saturated heterocycles. The van der Waals surface area contributed by atoms with Crippen molar-refractivity contribution in [2.24, 2.45) is 7.05 Å². The maximum absolute atomic E-state index is 13.8. The Morgan fingerprint density at radius 3 is 2.56 bits per heavy atom. The van der Waals surface area contributed by atoms with E-state index in [0.29, 0.717) is 6.54 Å². The maximum Gasteiger partial charge on any atom is 0.254 e. The summed E-state index contributed by atoms with van der Waals surface area (Å²) in [4.78, 5) is 14.4. The summed E-state index contributed by atoms with van der Waals surface area (Å²) < 4.78 is 15.9. The third-order valence-electron chi connectivity index (χ3n) is 4.48. The molecule has 0 bridgehead atoms. The Balaban J connectivity index is 1.85. The number of para-hydroxylation sites is 1. The number of rotatable bonds is 5. The molecule has 1 atom stereocenters. The molecule has 0 unspecified atom stereocenters. The van der Waals surface area contributed by atoms with Crippen LogP contribution in [0.2, 0.25) is 0 Å². The fraction of sp³-hybridized carbons (Fsp3) is 0.250. The first kappa shape index (κ1) is 17.2. The molecule has 0 aliphatic rings. The van der Waals surface area contributed by atoms with E-state index in [1.807, 2.05) is 33.3 Å². The van der Waals surface area contributed by atoms with Crippen molar-refractivity contribution in [3.63, 3.8) is 0 Å². The third kappa shape index (κ3) is 3.42. The Labute approximate surface area is 146 Å². The minimum atomic E-state index is -0.508. The summed E-state index contributed by atoms with van der Waals surface area (Å²) in [6, 6.07) is 14.2. The molecule has 0 aliphatic carbocycles. The van der Waals surface area contributed by atoms with Crippen LogP contribution in [0.5, 0.6) is 0 Å². The van der Waals surface area contributed by atoms with Crippen LogP contribution in [-0.4, -0.2) is 36.0 Å². The number of aromatic nitrogens is 1. The lowest BCUT2D eigenvalue weighted by atomic mass is 10.0. The number of nitrogens with zero attached hydrogens (tertiary/aromatic N) is 2. The first-order valence-electron chi connectivity index (χ1n) is 8.22. The van der Waals surface area contributed by atoms with Crippen molar-refractivity contribution >= 4 is 16.8 Å². The molecule has 1 N–H and O–H groups in total. The average Bonchev–Trinajstić information content (AvgIpc) is 2.92. The Morgan fingerprint density at radius 2 is 1.84 bits per heavy atom. The highest BCUT2D eigenvalue weighted by Gasteiger charge is 2.21. The molecule has 3 aromatic rings. The highest BCUT2D eigenvalue weighted by Crippen LogP contribution is 2.28. The van der Waals surface area contributed by atoms with Gasteiger partial charge in [-0.1, -0.05) is 30.3 Å². The van der Waals surface area contributed by atoms with Crippen LogP contribution in [0, 0.1) is 5.82 Å². The second-order valence-electron chi connectivity index (χ2n) is 6.38. The molecule has 4 nitrogen and oxygen atoms in total. The van der Waals surface area contributed by atoms with E-state index in [4.69, 9.17) is 0 Å². The zero-order chi connectivity index (χ0) is 18.0. The van der Waals surface area contributed by atoms with Gasteiger partial charge < -0.3 is 14.8 Å². The topological polar surface area (TPSA) is 37.3 Å². The van der Waals surface area contributed by atoms with Crippen molar-refractivity contribution in [1.82, 2.24) is 14.8 Å². The number of benzene rings is 2. The lowest BCUT2D eigenvalue weighted by Crippen LogP contribution is -2.34. The van der Waals surface area contributed by atoms with Gasteiger partial charge in [0.15, 0.2) is 0 Å². The number of fused-ring (bicyclic) bond motifs is 1. The molecule has 1 heterocycles. The molecule has 0 fully saturated rings. The molecule has 0 radical (unpaired) electrons. The van der Waals surface area contributed by atoms with E-state index in [2.05, 4.69) is 33.1 Å². The van der Waals surface area contributed by atoms with Crippen molar-refractivity contribution in [2.45, 2.75) is 6.04 Å². The van der Waals surface area contributed by atoms with Crippen LogP contribution in [0.1, 0.15) is 22.0 Å². The Bertz CT molecular complexity index is 901. The van der Waals surface area contributed by atoms with Gasteiger partial charge in [-0.15, -0.1) is 0 Å². The van der Waals surface area contributed by atoms with Crippen LogP contribution in [0.3, 0.4) is 0 Å². The van der Waals surface area contributed by atoms with Gasteiger partial charge in [-0.05, 0) is 37.9 Å². The number of hydrogen-bond acceptors (Lipinski definition) is 2. The van der Waals surface area contributed by atoms with Crippen LogP contribution < -0.4 is 5.32 Å². The molecule has 0 saturated carbocycles. The van der Waals surface area contributed by atoms with E-state index in [0.717, 1.165) is 16.5 Å². The van der Waals surface area contributed by atoms with E-state index in [1.165, 1.54) is 12.1 Å². The highest BCUT2D eigenvalue weighted by molar-refractivity contribution is 5.94. The molecule has 3 rings (SSSR count). The molecule has 130 valence electrons. The van der Waals surface area contributed by atoms with Gasteiger partial charge in [0, 0.05) is 30.7 Å². The van der Waals surface area contributed by atoms with Crippen molar-refractivity contribution in [2.75, 3.05) is 20.6 Å². The fourth-order valence-electron chi connectivity index (χ4n) is 3.14. The number of hydrogen-bond donors (Lipinski definition) is 1. The van der Waals surface area contributed by atoms with E-state index < -0.39 is 11.7 Å². The zero-order valence-electron chi connectivity index (χ0n) is 14.7. The summed E-state index contributed by atoms with van der Waals surface area (Å²) in [5.41, 5.74) is 2.35. The van der Waals surface area contributed by atoms with Crippen molar-refractivity contribution in [1.29, 1.82) is 0 Å². The SMILES string of the molecule is CN(C)[C@H](CNC(=O)c1ccccc1F)c1cn(C)c2ccccc12. The molecule has 5 heteroatoms. The van der Waals surface area contributed by atoms with Crippen molar-refractivity contribution < 1.29 is 9.18 Å². The minimum Gasteiger partial charge on any atom is -0.350 e. The van der Waals surface area contributed by atoms with Crippen LogP contribution in [0.4, 0.5) is 4.39 Å². The number of likely N-dealkylation sites (N-methyl/N-ethyl adjacent to an activating group) is 1. The van der Waals surface area contributed by atoms with Gasteiger partial charge in [0.05, 0.1) is 11.6 Å². The summed E-state index contributed by atoms with van der Waals surface area (Å²) in [5.74, 6) is -0.906. The number of aryl methyl sites for hydroxylation is 1. The quantitative estimate of drug-likeness (QED) is 0.774. The van der Waals surface area contributed by atoms with Crippen LogP contribution in [-0.2, 0) is 7.05 Å². The Kier molecular flexibility index (Phi) is 4.86. The summed E-state index contributed by atoms with van der Waals surface area (Å²) in [5, 5.41) is 4.02. The molecule has 0 spiro atoms. The third-order valence-corrected chi connectivity index (χ3v) is 4.48. The maximum atomic E-state index is 13.8. The second-order valence-corrected chi connectivity index (χ2v) is 6.38. The Morgan fingerprint density at radius 1 is 1.16 bits per heavy atom. The van der Waals surface area contributed by atoms with Gasteiger partial charge in [0.1, 0.15) is 5.82 Å². The zero-order valence-corrected chi connectivity index (χ0v) is 14.7. The Hall–Kier alpha value is -2.66. The molecule has 0 aliphatic heterocycles. The first-order valence-corrected chi connectivity index (χ1v) is 8.22. The summed E-state index contributed by atoms with van der Waals surface area (Å²) in [6.45, 7) is 0.397.